The highest BCUT2D eigenvalue weighted by Crippen LogP contribution is 2.10. The maximum atomic E-state index is 10.9. The molecule has 2 rings (SSSR count). The molecule has 0 radical (unpaired) electrons. The van der Waals surface area contributed by atoms with Crippen LogP contribution in [0.25, 0.3) is 0 Å². The number of hydrogen-bond acceptors (Lipinski definition) is 2. The summed E-state index contributed by atoms with van der Waals surface area (Å²) in [5.41, 5.74) is 0. The smallest absolute Gasteiger partial charge is 0.312 e. The van der Waals surface area contributed by atoms with Gasteiger partial charge >= 0.3 is 11.8 Å². The average molecular weight is 140 g/mol. The van der Waals surface area contributed by atoms with Gasteiger partial charge in [-0.15, -0.1) is 0 Å². The number of hydrogen-bond donors (Lipinski definition) is 0. The van der Waals surface area contributed by atoms with E-state index in [1.807, 2.05) is 0 Å². The van der Waals surface area contributed by atoms with Crippen LogP contribution in [0.4, 0.5) is 0 Å². The van der Waals surface area contributed by atoms with Crippen molar-refractivity contribution >= 4 is 11.8 Å². The lowest BCUT2D eigenvalue weighted by Crippen LogP contribution is -2.28. The standard InChI is InChI=1S/C6H8N2O2/c9-5(7-1-2-7)6(10)8-3-4-8/h1-4H2. The molecule has 0 unspecified atom stereocenters. The molecule has 0 saturated carbocycles. The van der Waals surface area contributed by atoms with Crippen LogP contribution in [0.3, 0.4) is 0 Å². The van der Waals surface area contributed by atoms with Crippen LogP contribution in [0.1, 0.15) is 0 Å². The Balaban J connectivity index is 1.95. The van der Waals surface area contributed by atoms with E-state index in [2.05, 4.69) is 0 Å². The first kappa shape index (κ1) is 5.70. The molecule has 10 heavy (non-hydrogen) atoms. The molecule has 2 aliphatic heterocycles. The van der Waals surface area contributed by atoms with E-state index in [0.29, 0.717) is 0 Å². The molecule has 54 valence electrons. The highest BCUT2D eigenvalue weighted by atomic mass is 16.2. The summed E-state index contributed by atoms with van der Waals surface area (Å²) >= 11 is 0. The van der Waals surface area contributed by atoms with Gasteiger partial charge in [-0.3, -0.25) is 9.59 Å². The summed E-state index contributed by atoms with van der Waals surface area (Å²) < 4.78 is 0. The minimum atomic E-state index is -0.322. The predicted molar refractivity (Wildman–Crippen MR) is 33.2 cm³/mol. The summed E-state index contributed by atoms with van der Waals surface area (Å²) in [6, 6.07) is 0. The summed E-state index contributed by atoms with van der Waals surface area (Å²) in [7, 11) is 0. The third-order valence-corrected chi connectivity index (χ3v) is 1.65. The molecule has 2 amide bonds. The zero-order valence-electron chi connectivity index (χ0n) is 5.54. The van der Waals surface area contributed by atoms with E-state index in [9.17, 15) is 9.59 Å². The lowest BCUT2D eigenvalue weighted by atomic mass is 10.5. The Morgan fingerprint density at radius 1 is 0.800 bits per heavy atom. The van der Waals surface area contributed by atoms with Crippen LogP contribution < -0.4 is 0 Å². The van der Waals surface area contributed by atoms with Gasteiger partial charge in [0.15, 0.2) is 0 Å². The summed E-state index contributed by atoms with van der Waals surface area (Å²) in [5.74, 6) is -0.644. The molecule has 0 bridgehead atoms. The molecular weight excluding hydrogens is 132 g/mol. The third kappa shape index (κ3) is 0.853. The van der Waals surface area contributed by atoms with Crippen molar-refractivity contribution in [3.8, 4) is 0 Å². The first-order valence-corrected chi connectivity index (χ1v) is 3.37. The van der Waals surface area contributed by atoms with E-state index in [-0.39, 0.29) is 11.8 Å². The summed E-state index contributed by atoms with van der Waals surface area (Å²) in [6.07, 6.45) is 0. The molecule has 0 aromatic rings. The highest BCUT2D eigenvalue weighted by Gasteiger charge is 2.36. The minimum Gasteiger partial charge on any atom is -0.331 e. The lowest BCUT2D eigenvalue weighted by Gasteiger charge is -1.98. The van der Waals surface area contributed by atoms with Crippen molar-refractivity contribution in [3.63, 3.8) is 0 Å². The van der Waals surface area contributed by atoms with Gasteiger partial charge in [0.2, 0.25) is 0 Å². The van der Waals surface area contributed by atoms with Gasteiger partial charge in [0.25, 0.3) is 0 Å². The van der Waals surface area contributed by atoms with Gasteiger partial charge in [0.05, 0.1) is 0 Å². The molecule has 0 aliphatic carbocycles. The SMILES string of the molecule is O=C(C(=O)N1CC1)N1CC1. The van der Waals surface area contributed by atoms with Crippen molar-refractivity contribution in [1.29, 1.82) is 0 Å². The Kier molecular flexibility index (Phi) is 0.977. The summed E-state index contributed by atoms with van der Waals surface area (Å²) in [6.45, 7) is 3.05. The Hall–Kier alpha value is -1.06. The fraction of sp³-hybridized carbons (Fsp3) is 0.667. The second-order valence-corrected chi connectivity index (χ2v) is 2.58. The fourth-order valence-electron chi connectivity index (χ4n) is 0.777. The first-order chi connectivity index (χ1) is 4.79. The largest absolute Gasteiger partial charge is 0.331 e. The molecule has 4 heteroatoms. The Morgan fingerprint density at radius 2 is 1.10 bits per heavy atom. The van der Waals surface area contributed by atoms with Crippen LogP contribution in [0.15, 0.2) is 0 Å². The average Bonchev–Trinajstić information content (AvgIpc) is 2.73. The molecule has 0 aromatic carbocycles. The van der Waals surface area contributed by atoms with Gasteiger partial charge in [-0.1, -0.05) is 0 Å². The minimum absolute atomic E-state index is 0.322. The maximum absolute atomic E-state index is 10.9. The van der Waals surface area contributed by atoms with Crippen LogP contribution >= 0.6 is 0 Å². The fourth-order valence-corrected chi connectivity index (χ4v) is 0.777. The van der Waals surface area contributed by atoms with Gasteiger partial charge in [0.1, 0.15) is 0 Å². The monoisotopic (exact) mass is 140 g/mol. The molecular formula is C6H8N2O2. The van der Waals surface area contributed by atoms with E-state index >= 15 is 0 Å². The van der Waals surface area contributed by atoms with Crippen molar-refractivity contribution in [2.45, 2.75) is 0 Å². The second-order valence-electron chi connectivity index (χ2n) is 2.58. The normalized spacial score (nSPS) is 20.8. The van der Waals surface area contributed by atoms with Gasteiger partial charge in [-0.05, 0) is 0 Å². The van der Waals surface area contributed by atoms with E-state index in [1.54, 1.807) is 9.80 Å². The topological polar surface area (TPSA) is 40.2 Å². The van der Waals surface area contributed by atoms with Crippen LogP contribution in [0.2, 0.25) is 0 Å². The van der Waals surface area contributed by atoms with Crippen molar-refractivity contribution in [2.24, 2.45) is 0 Å². The Morgan fingerprint density at radius 3 is 1.30 bits per heavy atom. The van der Waals surface area contributed by atoms with Crippen LogP contribution in [-0.4, -0.2) is 47.8 Å². The predicted octanol–water partition coefficient (Wildman–Crippen LogP) is -1.33. The van der Waals surface area contributed by atoms with E-state index < -0.39 is 0 Å². The second kappa shape index (κ2) is 1.71. The van der Waals surface area contributed by atoms with Crippen molar-refractivity contribution in [3.05, 3.63) is 0 Å². The Labute approximate surface area is 58.4 Å². The number of nitrogens with zero attached hydrogens (tertiary/aromatic N) is 2. The molecule has 2 aliphatic rings. The van der Waals surface area contributed by atoms with E-state index in [0.717, 1.165) is 26.2 Å². The van der Waals surface area contributed by atoms with Gasteiger partial charge in [-0.2, -0.15) is 0 Å². The molecule has 0 aromatic heterocycles. The Bertz CT molecular complexity index is 172. The van der Waals surface area contributed by atoms with Crippen molar-refractivity contribution in [2.75, 3.05) is 26.2 Å². The first-order valence-electron chi connectivity index (χ1n) is 3.37. The van der Waals surface area contributed by atoms with E-state index in [4.69, 9.17) is 0 Å². The van der Waals surface area contributed by atoms with Gasteiger partial charge in [0, 0.05) is 26.2 Å². The van der Waals surface area contributed by atoms with Gasteiger partial charge in [-0.25, -0.2) is 0 Å². The molecule has 0 spiro atoms. The van der Waals surface area contributed by atoms with Gasteiger partial charge < -0.3 is 9.80 Å². The zero-order chi connectivity index (χ0) is 7.14. The number of amides is 2. The third-order valence-electron chi connectivity index (χ3n) is 1.65. The summed E-state index contributed by atoms with van der Waals surface area (Å²) in [4.78, 5) is 24.9. The summed E-state index contributed by atoms with van der Waals surface area (Å²) in [5, 5.41) is 0. The van der Waals surface area contributed by atoms with Crippen molar-refractivity contribution in [1.82, 2.24) is 9.80 Å². The number of rotatable bonds is 0. The zero-order valence-corrected chi connectivity index (χ0v) is 5.54. The van der Waals surface area contributed by atoms with Crippen LogP contribution in [0.5, 0.6) is 0 Å². The van der Waals surface area contributed by atoms with Crippen molar-refractivity contribution < 1.29 is 9.59 Å². The van der Waals surface area contributed by atoms with Crippen LogP contribution in [-0.2, 0) is 9.59 Å². The maximum Gasteiger partial charge on any atom is 0.312 e. The molecule has 2 saturated heterocycles. The molecule has 0 atom stereocenters. The van der Waals surface area contributed by atoms with E-state index in [1.165, 1.54) is 0 Å². The molecule has 4 nitrogen and oxygen atoms in total. The molecule has 2 heterocycles. The molecule has 2 fully saturated rings. The quantitative estimate of drug-likeness (QED) is 0.309. The number of carbonyl (C=O) groups excluding carboxylic acids is 2. The van der Waals surface area contributed by atoms with Crippen LogP contribution in [0, 0.1) is 0 Å². The lowest BCUT2D eigenvalue weighted by molar-refractivity contribution is -0.145. The number of carbonyl (C=O) groups is 2. The molecule has 0 N–H and O–H groups in total. The highest BCUT2D eigenvalue weighted by molar-refractivity contribution is 6.35.